The van der Waals surface area contributed by atoms with Crippen molar-refractivity contribution in [2.75, 3.05) is 38.2 Å². The van der Waals surface area contributed by atoms with Gasteiger partial charge < -0.3 is 14.8 Å². The summed E-state index contributed by atoms with van der Waals surface area (Å²) in [4.78, 5) is 39.4. The first-order valence-corrected chi connectivity index (χ1v) is 11.4. The van der Waals surface area contributed by atoms with Crippen LogP contribution in [0.5, 0.6) is 0 Å². The SMILES string of the molecule is CCOC(=O)c1c(-c2ccccc2)csc1NC(=O)CN1CCC[C@H](C(=O)OCC)C1. The monoisotopic (exact) mass is 444 g/mol. The maximum Gasteiger partial charge on any atom is 0.341 e. The van der Waals surface area contributed by atoms with Gasteiger partial charge in [-0.3, -0.25) is 14.5 Å². The van der Waals surface area contributed by atoms with E-state index < -0.39 is 5.97 Å². The van der Waals surface area contributed by atoms with Crippen LogP contribution >= 0.6 is 11.3 Å². The van der Waals surface area contributed by atoms with Gasteiger partial charge in [0.1, 0.15) is 10.6 Å². The van der Waals surface area contributed by atoms with Crippen molar-refractivity contribution in [2.45, 2.75) is 26.7 Å². The predicted molar refractivity (Wildman–Crippen MR) is 120 cm³/mol. The number of esters is 2. The van der Waals surface area contributed by atoms with Gasteiger partial charge in [-0.15, -0.1) is 11.3 Å². The molecule has 0 saturated carbocycles. The third kappa shape index (κ3) is 5.92. The van der Waals surface area contributed by atoms with Crippen molar-refractivity contribution in [3.8, 4) is 11.1 Å². The molecule has 3 rings (SSSR count). The third-order valence-corrected chi connectivity index (χ3v) is 6.00. The van der Waals surface area contributed by atoms with Crippen molar-refractivity contribution >= 4 is 34.2 Å². The molecule has 2 aromatic rings. The molecular formula is C23H28N2O5S. The molecule has 1 aromatic carbocycles. The zero-order chi connectivity index (χ0) is 22.2. The van der Waals surface area contributed by atoms with Crippen LogP contribution in [-0.4, -0.2) is 55.6 Å². The molecule has 1 fully saturated rings. The fraction of sp³-hybridized carbons (Fsp3) is 0.435. The summed E-state index contributed by atoms with van der Waals surface area (Å²) in [5, 5.41) is 5.21. The van der Waals surface area contributed by atoms with Gasteiger partial charge in [-0.25, -0.2) is 4.79 Å². The van der Waals surface area contributed by atoms with E-state index >= 15 is 0 Å². The number of ether oxygens (including phenoxy) is 2. The van der Waals surface area contributed by atoms with Crippen molar-refractivity contribution in [1.82, 2.24) is 4.90 Å². The second-order valence-corrected chi connectivity index (χ2v) is 8.19. The molecular weight excluding hydrogens is 416 g/mol. The highest BCUT2D eigenvalue weighted by atomic mass is 32.1. The minimum atomic E-state index is -0.460. The number of hydrogen-bond donors (Lipinski definition) is 1. The Balaban J connectivity index is 1.71. The molecule has 1 aliphatic rings. The molecule has 1 saturated heterocycles. The molecule has 0 bridgehead atoms. The van der Waals surface area contributed by atoms with Gasteiger partial charge in [0.2, 0.25) is 5.91 Å². The largest absolute Gasteiger partial charge is 0.466 e. The molecule has 7 nitrogen and oxygen atoms in total. The summed E-state index contributed by atoms with van der Waals surface area (Å²) >= 11 is 1.30. The van der Waals surface area contributed by atoms with Gasteiger partial charge >= 0.3 is 11.9 Å². The number of rotatable bonds is 8. The number of benzene rings is 1. The molecule has 1 atom stereocenters. The standard InChI is InChI=1S/C23H28N2O5S/c1-3-29-22(27)17-11-8-12-25(13-17)14-19(26)24-21-20(23(28)30-4-2)18(15-31-21)16-9-6-5-7-10-16/h5-7,9-10,15,17H,3-4,8,11-14H2,1-2H3,(H,24,26)/t17-/m0/s1. The highest BCUT2D eigenvalue weighted by Crippen LogP contribution is 2.36. The second kappa shape index (κ2) is 11.1. The first kappa shape index (κ1) is 23.0. The van der Waals surface area contributed by atoms with E-state index in [1.165, 1.54) is 11.3 Å². The molecule has 1 amide bonds. The van der Waals surface area contributed by atoms with Gasteiger partial charge in [0.25, 0.3) is 0 Å². The number of piperidine rings is 1. The summed E-state index contributed by atoms with van der Waals surface area (Å²) in [5.41, 5.74) is 1.99. The number of carbonyl (C=O) groups is 3. The van der Waals surface area contributed by atoms with Gasteiger partial charge in [-0.2, -0.15) is 0 Å². The van der Waals surface area contributed by atoms with E-state index in [0.29, 0.717) is 23.7 Å². The molecule has 2 heterocycles. The summed E-state index contributed by atoms with van der Waals surface area (Å²) in [6, 6.07) is 9.54. The fourth-order valence-electron chi connectivity index (χ4n) is 3.71. The molecule has 31 heavy (non-hydrogen) atoms. The molecule has 0 spiro atoms. The second-order valence-electron chi connectivity index (χ2n) is 7.31. The molecule has 1 aliphatic heterocycles. The van der Waals surface area contributed by atoms with Crippen LogP contribution in [0.15, 0.2) is 35.7 Å². The van der Waals surface area contributed by atoms with Gasteiger partial charge in [-0.05, 0) is 38.8 Å². The van der Waals surface area contributed by atoms with Gasteiger partial charge in [0.05, 0.1) is 25.7 Å². The number of carbonyl (C=O) groups excluding carboxylic acids is 3. The zero-order valence-corrected chi connectivity index (χ0v) is 18.7. The number of hydrogen-bond acceptors (Lipinski definition) is 7. The fourth-order valence-corrected chi connectivity index (χ4v) is 4.68. The zero-order valence-electron chi connectivity index (χ0n) is 17.9. The van der Waals surface area contributed by atoms with Crippen LogP contribution in [0.4, 0.5) is 5.00 Å². The Labute approximate surface area is 186 Å². The number of nitrogens with zero attached hydrogens (tertiary/aromatic N) is 1. The van der Waals surface area contributed by atoms with Crippen LogP contribution in [0.3, 0.4) is 0 Å². The quantitative estimate of drug-likeness (QED) is 0.624. The Kier molecular flexibility index (Phi) is 8.20. The number of likely N-dealkylation sites (tertiary alicyclic amines) is 1. The van der Waals surface area contributed by atoms with E-state index in [9.17, 15) is 14.4 Å². The summed E-state index contributed by atoms with van der Waals surface area (Å²) < 4.78 is 10.4. The number of thiophene rings is 1. The predicted octanol–water partition coefficient (Wildman–Crippen LogP) is 3.81. The highest BCUT2D eigenvalue weighted by molar-refractivity contribution is 7.15. The van der Waals surface area contributed by atoms with Crippen LogP contribution in [-0.2, 0) is 19.1 Å². The van der Waals surface area contributed by atoms with Crippen molar-refractivity contribution < 1.29 is 23.9 Å². The van der Waals surface area contributed by atoms with Crippen LogP contribution in [0.25, 0.3) is 11.1 Å². The van der Waals surface area contributed by atoms with Crippen LogP contribution in [0.2, 0.25) is 0 Å². The first-order chi connectivity index (χ1) is 15.0. The average molecular weight is 445 g/mol. The van der Waals surface area contributed by atoms with Crippen LogP contribution in [0.1, 0.15) is 37.0 Å². The van der Waals surface area contributed by atoms with E-state index in [2.05, 4.69) is 5.32 Å². The molecule has 8 heteroatoms. The minimum Gasteiger partial charge on any atom is -0.466 e. The lowest BCUT2D eigenvalue weighted by Crippen LogP contribution is -2.43. The lowest BCUT2D eigenvalue weighted by Gasteiger charge is -2.30. The molecule has 1 N–H and O–H groups in total. The first-order valence-electron chi connectivity index (χ1n) is 10.6. The van der Waals surface area contributed by atoms with E-state index in [1.54, 1.807) is 13.8 Å². The topological polar surface area (TPSA) is 84.9 Å². The molecule has 0 unspecified atom stereocenters. The molecule has 1 aromatic heterocycles. The average Bonchev–Trinajstić information content (AvgIpc) is 3.18. The number of anilines is 1. The van der Waals surface area contributed by atoms with Crippen molar-refractivity contribution in [3.05, 3.63) is 41.3 Å². The van der Waals surface area contributed by atoms with Crippen LogP contribution < -0.4 is 5.32 Å². The summed E-state index contributed by atoms with van der Waals surface area (Å²) in [6.45, 7) is 5.54. The Morgan fingerprint density at radius 1 is 1.13 bits per heavy atom. The van der Waals surface area contributed by atoms with E-state index in [-0.39, 0.29) is 30.9 Å². The minimum absolute atomic E-state index is 0.150. The van der Waals surface area contributed by atoms with Gasteiger partial charge in [0, 0.05) is 17.5 Å². The van der Waals surface area contributed by atoms with E-state index in [0.717, 1.165) is 30.5 Å². The number of amides is 1. The molecule has 0 aliphatic carbocycles. The van der Waals surface area contributed by atoms with Crippen LogP contribution in [0, 0.1) is 5.92 Å². The summed E-state index contributed by atoms with van der Waals surface area (Å²) in [7, 11) is 0. The Bertz CT molecular complexity index is 912. The molecule has 166 valence electrons. The lowest BCUT2D eigenvalue weighted by atomic mass is 9.98. The van der Waals surface area contributed by atoms with Gasteiger partial charge in [-0.1, -0.05) is 30.3 Å². The third-order valence-electron chi connectivity index (χ3n) is 5.10. The number of nitrogens with one attached hydrogen (secondary N) is 1. The van der Waals surface area contributed by atoms with Crippen molar-refractivity contribution in [1.29, 1.82) is 0 Å². The van der Waals surface area contributed by atoms with Crippen molar-refractivity contribution in [2.24, 2.45) is 5.92 Å². The lowest BCUT2D eigenvalue weighted by molar-refractivity contribution is -0.150. The molecule has 0 radical (unpaired) electrons. The Hall–Kier alpha value is -2.71. The maximum absolute atomic E-state index is 12.7. The Morgan fingerprint density at radius 2 is 1.87 bits per heavy atom. The highest BCUT2D eigenvalue weighted by Gasteiger charge is 2.28. The maximum atomic E-state index is 12.7. The smallest absolute Gasteiger partial charge is 0.341 e. The van der Waals surface area contributed by atoms with E-state index in [4.69, 9.17) is 9.47 Å². The normalized spacial score (nSPS) is 16.5. The van der Waals surface area contributed by atoms with Gasteiger partial charge in [0.15, 0.2) is 0 Å². The summed E-state index contributed by atoms with van der Waals surface area (Å²) in [5.74, 6) is -1.10. The Morgan fingerprint density at radius 3 is 2.58 bits per heavy atom. The van der Waals surface area contributed by atoms with Crippen molar-refractivity contribution in [3.63, 3.8) is 0 Å². The van der Waals surface area contributed by atoms with E-state index in [1.807, 2.05) is 40.6 Å². The summed E-state index contributed by atoms with van der Waals surface area (Å²) in [6.07, 6.45) is 1.61.